The van der Waals surface area contributed by atoms with Gasteiger partial charge >= 0.3 is 6.18 Å². The Morgan fingerprint density at radius 1 is 1.10 bits per heavy atom. The molecule has 0 radical (unpaired) electrons. The zero-order chi connectivity index (χ0) is 14.3. The first-order valence-electron chi connectivity index (χ1n) is 5.45. The van der Waals surface area contributed by atoms with E-state index in [1.54, 1.807) is 0 Å². The summed E-state index contributed by atoms with van der Waals surface area (Å²) in [7, 11) is 0. The summed E-state index contributed by atoms with van der Waals surface area (Å²) in [6.07, 6.45) is -0.985. The number of nitrogens with zero attached hydrogens (tertiary/aromatic N) is 5. The zero-order valence-electron chi connectivity index (χ0n) is 9.83. The topological polar surface area (TPSA) is 82.0 Å². The minimum atomic E-state index is -4.53. The van der Waals surface area contributed by atoms with Gasteiger partial charge in [-0.3, -0.25) is 4.98 Å². The summed E-state index contributed by atoms with van der Waals surface area (Å²) >= 11 is 0. The SMILES string of the molecule is Nc1nccc2nnc(-c3cnccc3C(F)(F)F)n12. The molecule has 9 heteroatoms. The van der Waals surface area contributed by atoms with Crippen LogP contribution < -0.4 is 5.73 Å². The molecule has 102 valence electrons. The molecule has 0 spiro atoms. The van der Waals surface area contributed by atoms with E-state index in [0.29, 0.717) is 5.65 Å². The van der Waals surface area contributed by atoms with E-state index in [-0.39, 0.29) is 17.3 Å². The van der Waals surface area contributed by atoms with E-state index in [0.717, 1.165) is 18.5 Å². The largest absolute Gasteiger partial charge is 0.417 e. The van der Waals surface area contributed by atoms with E-state index in [9.17, 15) is 13.2 Å². The first-order chi connectivity index (χ1) is 9.48. The van der Waals surface area contributed by atoms with E-state index >= 15 is 0 Å². The van der Waals surface area contributed by atoms with Gasteiger partial charge in [-0.05, 0) is 6.07 Å². The second-order valence-corrected chi connectivity index (χ2v) is 3.94. The van der Waals surface area contributed by atoms with Crippen LogP contribution >= 0.6 is 0 Å². The molecule has 0 saturated carbocycles. The molecule has 3 aromatic rings. The number of halogens is 3. The molecule has 3 rings (SSSR count). The molecule has 0 atom stereocenters. The molecule has 0 bridgehead atoms. The maximum Gasteiger partial charge on any atom is 0.417 e. The summed E-state index contributed by atoms with van der Waals surface area (Å²) in [5.41, 5.74) is 4.92. The number of pyridine rings is 1. The molecule has 0 aliphatic rings. The third kappa shape index (κ3) is 1.83. The predicted molar refractivity (Wildman–Crippen MR) is 63.4 cm³/mol. The predicted octanol–water partition coefficient (Wildman–Crippen LogP) is 1.79. The van der Waals surface area contributed by atoms with Crippen LogP contribution in [0.5, 0.6) is 0 Å². The Hall–Kier alpha value is -2.71. The minimum absolute atomic E-state index is 0.000484. The van der Waals surface area contributed by atoms with Crippen LogP contribution in [0, 0.1) is 0 Å². The van der Waals surface area contributed by atoms with E-state index < -0.39 is 11.7 Å². The summed E-state index contributed by atoms with van der Waals surface area (Å²) in [5.74, 6) is -0.0505. The van der Waals surface area contributed by atoms with E-state index in [4.69, 9.17) is 5.73 Å². The lowest BCUT2D eigenvalue weighted by Crippen LogP contribution is -2.09. The van der Waals surface area contributed by atoms with Gasteiger partial charge in [0, 0.05) is 24.7 Å². The number of rotatable bonds is 1. The molecule has 6 nitrogen and oxygen atoms in total. The molecule has 20 heavy (non-hydrogen) atoms. The molecule has 0 aliphatic carbocycles. The molecule has 0 aliphatic heterocycles. The standard InChI is InChI=1S/C11H7F3N6/c12-11(13,14)7-1-3-16-5-6(7)9-19-18-8-2-4-17-10(15)20(8)9/h1-5H,(H2,15,17). The summed E-state index contributed by atoms with van der Waals surface area (Å²) in [6.45, 7) is 0. The van der Waals surface area contributed by atoms with Crippen LogP contribution in [0.1, 0.15) is 5.56 Å². The molecule has 0 saturated heterocycles. The van der Waals surface area contributed by atoms with Crippen molar-refractivity contribution in [3.05, 3.63) is 36.3 Å². The average molecular weight is 280 g/mol. The van der Waals surface area contributed by atoms with Gasteiger partial charge in [0.15, 0.2) is 11.5 Å². The van der Waals surface area contributed by atoms with Crippen LogP contribution in [0.2, 0.25) is 0 Å². The highest BCUT2D eigenvalue weighted by Crippen LogP contribution is 2.36. The number of anilines is 1. The molecule has 2 N–H and O–H groups in total. The lowest BCUT2D eigenvalue weighted by Gasteiger charge is -2.11. The molecule has 0 amide bonds. The van der Waals surface area contributed by atoms with Gasteiger partial charge in [0.25, 0.3) is 0 Å². The third-order valence-electron chi connectivity index (χ3n) is 2.71. The van der Waals surface area contributed by atoms with Gasteiger partial charge in [0.1, 0.15) is 0 Å². The Morgan fingerprint density at radius 3 is 2.65 bits per heavy atom. The average Bonchev–Trinajstić information content (AvgIpc) is 2.83. The van der Waals surface area contributed by atoms with Crippen LogP contribution in [0.3, 0.4) is 0 Å². The lowest BCUT2D eigenvalue weighted by atomic mass is 10.1. The fourth-order valence-corrected chi connectivity index (χ4v) is 1.86. The van der Waals surface area contributed by atoms with Crippen molar-refractivity contribution >= 4 is 11.6 Å². The fraction of sp³-hybridized carbons (Fsp3) is 0.0909. The molecular weight excluding hydrogens is 273 g/mol. The fourth-order valence-electron chi connectivity index (χ4n) is 1.86. The van der Waals surface area contributed by atoms with Crippen molar-refractivity contribution in [1.29, 1.82) is 0 Å². The summed E-state index contributed by atoms with van der Waals surface area (Å²) in [6, 6.07) is 2.37. The zero-order valence-corrected chi connectivity index (χ0v) is 9.83. The molecule has 0 aromatic carbocycles. The highest BCUT2D eigenvalue weighted by molar-refractivity contribution is 5.64. The maximum atomic E-state index is 13.0. The summed E-state index contributed by atoms with van der Waals surface area (Å²) < 4.78 is 40.3. The second kappa shape index (κ2) is 4.15. The Balaban J connectivity index is 2.33. The normalized spacial score (nSPS) is 11.9. The van der Waals surface area contributed by atoms with Crippen LogP contribution in [-0.2, 0) is 6.18 Å². The summed E-state index contributed by atoms with van der Waals surface area (Å²) in [5, 5.41) is 7.53. The maximum absolute atomic E-state index is 13.0. The van der Waals surface area contributed by atoms with Gasteiger partial charge in [0.2, 0.25) is 5.95 Å². The third-order valence-corrected chi connectivity index (χ3v) is 2.71. The number of aromatic nitrogens is 5. The summed E-state index contributed by atoms with van der Waals surface area (Å²) in [4.78, 5) is 7.53. The van der Waals surface area contributed by atoms with Crippen LogP contribution in [0.25, 0.3) is 17.0 Å². The van der Waals surface area contributed by atoms with Crippen molar-refractivity contribution < 1.29 is 13.2 Å². The Labute approximate surface area is 110 Å². The van der Waals surface area contributed by atoms with E-state index in [1.807, 2.05) is 0 Å². The number of fused-ring (bicyclic) bond motifs is 1. The van der Waals surface area contributed by atoms with Gasteiger partial charge in [-0.25, -0.2) is 9.38 Å². The number of alkyl halides is 3. The smallest absolute Gasteiger partial charge is 0.369 e. The molecule has 0 fully saturated rings. The monoisotopic (exact) mass is 280 g/mol. The van der Waals surface area contributed by atoms with E-state index in [2.05, 4.69) is 20.2 Å². The van der Waals surface area contributed by atoms with Crippen molar-refractivity contribution in [3.63, 3.8) is 0 Å². The van der Waals surface area contributed by atoms with Crippen LogP contribution in [-0.4, -0.2) is 24.6 Å². The number of nitrogens with two attached hydrogens (primary N) is 1. The highest BCUT2D eigenvalue weighted by Gasteiger charge is 2.35. The lowest BCUT2D eigenvalue weighted by molar-refractivity contribution is -0.137. The van der Waals surface area contributed by atoms with Crippen LogP contribution in [0.4, 0.5) is 19.1 Å². The van der Waals surface area contributed by atoms with Crippen molar-refractivity contribution in [2.45, 2.75) is 6.18 Å². The van der Waals surface area contributed by atoms with E-state index in [1.165, 1.54) is 16.7 Å². The Kier molecular flexibility index (Phi) is 2.56. The first kappa shape index (κ1) is 12.3. The molecule has 3 heterocycles. The second-order valence-electron chi connectivity index (χ2n) is 3.94. The van der Waals surface area contributed by atoms with Gasteiger partial charge in [0.05, 0.1) is 11.1 Å². The highest BCUT2D eigenvalue weighted by atomic mass is 19.4. The van der Waals surface area contributed by atoms with Gasteiger partial charge in [-0.15, -0.1) is 10.2 Å². The van der Waals surface area contributed by atoms with Crippen molar-refractivity contribution in [2.75, 3.05) is 5.73 Å². The quantitative estimate of drug-likeness (QED) is 0.734. The number of hydrogen-bond acceptors (Lipinski definition) is 5. The minimum Gasteiger partial charge on any atom is -0.369 e. The van der Waals surface area contributed by atoms with Crippen molar-refractivity contribution in [1.82, 2.24) is 24.6 Å². The van der Waals surface area contributed by atoms with Crippen LogP contribution in [0.15, 0.2) is 30.7 Å². The first-order valence-corrected chi connectivity index (χ1v) is 5.45. The van der Waals surface area contributed by atoms with Crippen molar-refractivity contribution in [3.8, 4) is 11.4 Å². The molecule has 3 aromatic heterocycles. The molecule has 0 unspecified atom stereocenters. The Bertz CT molecular complexity index is 779. The van der Waals surface area contributed by atoms with Gasteiger partial charge in [-0.1, -0.05) is 0 Å². The molecular formula is C11H7F3N6. The Morgan fingerprint density at radius 2 is 1.90 bits per heavy atom. The van der Waals surface area contributed by atoms with Crippen molar-refractivity contribution in [2.24, 2.45) is 0 Å². The van der Waals surface area contributed by atoms with Gasteiger partial charge < -0.3 is 5.73 Å². The number of hydrogen-bond donors (Lipinski definition) is 1. The number of nitrogen functional groups attached to an aromatic ring is 1. The van der Waals surface area contributed by atoms with Gasteiger partial charge in [-0.2, -0.15) is 13.2 Å².